The Balaban J connectivity index is 1.92. The second-order valence-corrected chi connectivity index (χ2v) is 4.60. The summed E-state index contributed by atoms with van der Waals surface area (Å²) in [5, 5.41) is 0. The van der Waals surface area contributed by atoms with Crippen LogP contribution in [-0.2, 0) is 13.1 Å². The average Bonchev–Trinajstić information content (AvgIpc) is 2.84. The highest BCUT2D eigenvalue weighted by Crippen LogP contribution is 2.27. The summed E-state index contributed by atoms with van der Waals surface area (Å²) in [5.74, 6) is 0.947. The molecule has 0 spiro atoms. The van der Waals surface area contributed by atoms with Crippen LogP contribution in [0.4, 0.5) is 5.95 Å². The van der Waals surface area contributed by atoms with Gasteiger partial charge in [0.05, 0.1) is 0 Å². The molecule has 1 aromatic heterocycles. The molecule has 0 fully saturated rings. The van der Waals surface area contributed by atoms with E-state index in [1.807, 2.05) is 6.20 Å². The zero-order valence-corrected chi connectivity index (χ0v) is 9.66. The van der Waals surface area contributed by atoms with E-state index < -0.39 is 0 Å². The zero-order chi connectivity index (χ0) is 10.3. The number of nitrogens with zero attached hydrogens (tertiary/aromatic N) is 2. The Morgan fingerprint density at radius 3 is 2.93 bits per heavy atom. The number of halogens is 1. The minimum atomic E-state index is 0.933. The Hall–Kier alpha value is -1.29. The highest BCUT2D eigenvalue weighted by atomic mass is 79.9. The molecule has 0 unspecified atom stereocenters. The Morgan fingerprint density at radius 2 is 2.13 bits per heavy atom. The first-order chi connectivity index (χ1) is 7.33. The molecule has 1 N–H and O–H groups in total. The van der Waals surface area contributed by atoms with Crippen molar-refractivity contribution in [1.82, 2.24) is 9.97 Å². The summed E-state index contributed by atoms with van der Waals surface area (Å²) in [5.41, 5.74) is 2.76. The predicted octanol–water partition coefficient (Wildman–Crippen LogP) is 2.69. The summed E-state index contributed by atoms with van der Waals surface area (Å²) in [6, 6.07) is 6.44. The molecule has 0 amide bonds. The maximum atomic E-state index is 4.26. The molecule has 0 atom stereocenters. The number of nitrogens with one attached hydrogen (secondary N) is 1. The van der Waals surface area contributed by atoms with Crippen LogP contribution in [0.5, 0.6) is 0 Å². The number of aromatic nitrogens is 2. The molecule has 2 heterocycles. The highest BCUT2D eigenvalue weighted by molar-refractivity contribution is 9.10. The zero-order valence-electron chi connectivity index (χ0n) is 8.07. The van der Waals surface area contributed by atoms with Crippen LogP contribution in [0.1, 0.15) is 11.1 Å². The van der Waals surface area contributed by atoms with Crippen LogP contribution in [0.15, 0.2) is 35.1 Å². The van der Waals surface area contributed by atoms with Gasteiger partial charge in [0.15, 0.2) is 0 Å². The quantitative estimate of drug-likeness (QED) is 0.858. The van der Waals surface area contributed by atoms with Crippen molar-refractivity contribution in [3.63, 3.8) is 0 Å². The van der Waals surface area contributed by atoms with Gasteiger partial charge in [0.1, 0.15) is 0 Å². The fourth-order valence-corrected chi connectivity index (χ4v) is 2.35. The molecule has 76 valence electrons. The van der Waals surface area contributed by atoms with E-state index in [1.165, 1.54) is 11.1 Å². The summed E-state index contributed by atoms with van der Waals surface area (Å²) < 4.78 is 1.14. The van der Waals surface area contributed by atoms with Gasteiger partial charge in [-0.2, -0.15) is 0 Å². The third-order valence-electron chi connectivity index (χ3n) is 2.67. The second kappa shape index (κ2) is 3.38. The SMILES string of the molecule is Brc1ccc2c(c1)CN(c1ncc[nH]1)C2. The molecule has 0 aliphatic carbocycles. The topological polar surface area (TPSA) is 31.9 Å². The molecule has 3 rings (SSSR count). The predicted molar refractivity (Wildman–Crippen MR) is 62.6 cm³/mol. The molecule has 0 saturated carbocycles. The van der Waals surface area contributed by atoms with Crippen molar-refractivity contribution < 1.29 is 0 Å². The standard InChI is InChI=1S/C11H10BrN3/c12-10-2-1-8-6-15(7-9(8)5-10)11-13-3-4-14-11/h1-5H,6-7H2,(H,13,14). The molecule has 1 aromatic carbocycles. The molecule has 1 aliphatic heterocycles. The highest BCUT2D eigenvalue weighted by Gasteiger charge is 2.20. The number of fused-ring (bicyclic) bond motifs is 1. The molecule has 15 heavy (non-hydrogen) atoms. The van der Waals surface area contributed by atoms with E-state index in [9.17, 15) is 0 Å². The van der Waals surface area contributed by atoms with Crippen LogP contribution in [0, 0.1) is 0 Å². The molecular weight excluding hydrogens is 254 g/mol. The van der Waals surface area contributed by atoms with Crippen molar-refractivity contribution in [2.45, 2.75) is 13.1 Å². The Bertz CT molecular complexity index is 479. The molecular formula is C11H10BrN3. The van der Waals surface area contributed by atoms with Gasteiger partial charge >= 0.3 is 0 Å². The molecule has 3 nitrogen and oxygen atoms in total. The van der Waals surface area contributed by atoms with Gasteiger partial charge < -0.3 is 9.88 Å². The molecule has 2 aromatic rings. The van der Waals surface area contributed by atoms with Crippen LogP contribution in [-0.4, -0.2) is 9.97 Å². The van der Waals surface area contributed by atoms with Crippen LogP contribution < -0.4 is 4.90 Å². The van der Waals surface area contributed by atoms with Gasteiger partial charge in [-0.15, -0.1) is 0 Å². The van der Waals surface area contributed by atoms with Gasteiger partial charge in [0, 0.05) is 30.0 Å². The first kappa shape index (κ1) is 8.97. The summed E-state index contributed by atoms with van der Waals surface area (Å²) in [6.07, 6.45) is 3.64. The van der Waals surface area contributed by atoms with E-state index in [-0.39, 0.29) is 0 Å². The van der Waals surface area contributed by atoms with E-state index in [0.29, 0.717) is 0 Å². The summed E-state index contributed by atoms with van der Waals surface area (Å²) in [7, 11) is 0. The Morgan fingerprint density at radius 1 is 1.27 bits per heavy atom. The van der Waals surface area contributed by atoms with Gasteiger partial charge in [-0.25, -0.2) is 4.98 Å². The van der Waals surface area contributed by atoms with E-state index in [0.717, 1.165) is 23.5 Å². The molecule has 0 saturated heterocycles. The van der Waals surface area contributed by atoms with Crippen molar-refractivity contribution in [3.8, 4) is 0 Å². The van der Waals surface area contributed by atoms with Gasteiger partial charge in [0.25, 0.3) is 0 Å². The lowest BCUT2D eigenvalue weighted by Gasteiger charge is -2.12. The third-order valence-corrected chi connectivity index (χ3v) is 3.17. The number of H-pyrrole nitrogens is 1. The van der Waals surface area contributed by atoms with Gasteiger partial charge in [0.2, 0.25) is 5.95 Å². The molecule has 1 aliphatic rings. The van der Waals surface area contributed by atoms with Crippen molar-refractivity contribution in [1.29, 1.82) is 0 Å². The second-order valence-electron chi connectivity index (χ2n) is 3.68. The number of hydrogen-bond acceptors (Lipinski definition) is 2. The first-order valence-electron chi connectivity index (χ1n) is 4.84. The van der Waals surface area contributed by atoms with Crippen molar-refractivity contribution in [3.05, 3.63) is 46.2 Å². The Labute approximate surface area is 96.3 Å². The summed E-state index contributed by atoms with van der Waals surface area (Å²) in [4.78, 5) is 9.63. The fourth-order valence-electron chi connectivity index (χ4n) is 1.94. The average molecular weight is 264 g/mol. The van der Waals surface area contributed by atoms with Crippen molar-refractivity contribution in [2.75, 3.05) is 4.90 Å². The van der Waals surface area contributed by atoms with E-state index in [2.05, 4.69) is 49.0 Å². The monoisotopic (exact) mass is 263 g/mol. The maximum Gasteiger partial charge on any atom is 0.203 e. The van der Waals surface area contributed by atoms with E-state index in [4.69, 9.17) is 0 Å². The Kier molecular flexibility index (Phi) is 2.02. The van der Waals surface area contributed by atoms with Crippen LogP contribution in [0.2, 0.25) is 0 Å². The first-order valence-corrected chi connectivity index (χ1v) is 5.64. The lowest BCUT2D eigenvalue weighted by atomic mass is 10.1. The number of imidazole rings is 1. The lowest BCUT2D eigenvalue weighted by molar-refractivity contribution is 0.841. The van der Waals surface area contributed by atoms with Gasteiger partial charge in [-0.1, -0.05) is 22.0 Å². The number of anilines is 1. The normalized spacial score (nSPS) is 14.3. The summed E-state index contributed by atoms with van der Waals surface area (Å²) in [6.45, 7) is 1.87. The minimum absolute atomic E-state index is 0.933. The summed E-state index contributed by atoms with van der Waals surface area (Å²) >= 11 is 3.49. The largest absolute Gasteiger partial charge is 0.334 e. The molecule has 0 radical (unpaired) electrons. The van der Waals surface area contributed by atoms with Crippen LogP contribution in [0.25, 0.3) is 0 Å². The van der Waals surface area contributed by atoms with Gasteiger partial charge in [-0.05, 0) is 23.3 Å². The molecule has 0 bridgehead atoms. The van der Waals surface area contributed by atoms with Crippen LogP contribution in [0.3, 0.4) is 0 Å². The number of aromatic amines is 1. The van der Waals surface area contributed by atoms with E-state index in [1.54, 1.807) is 6.20 Å². The maximum absolute atomic E-state index is 4.26. The van der Waals surface area contributed by atoms with E-state index >= 15 is 0 Å². The number of benzene rings is 1. The molecule has 4 heteroatoms. The van der Waals surface area contributed by atoms with Crippen molar-refractivity contribution in [2.24, 2.45) is 0 Å². The third kappa shape index (κ3) is 1.55. The fraction of sp³-hybridized carbons (Fsp3) is 0.182. The lowest BCUT2D eigenvalue weighted by Crippen LogP contribution is -2.15. The number of rotatable bonds is 1. The van der Waals surface area contributed by atoms with Gasteiger partial charge in [-0.3, -0.25) is 0 Å². The number of hydrogen-bond donors (Lipinski definition) is 1. The van der Waals surface area contributed by atoms with Crippen molar-refractivity contribution >= 4 is 21.9 Å². The minimum Gasteiger partial charge on any atom is -0.334 e. The van der Waals surface area contributed by atoms with Crippen LogP contribution >= 0.6 is 15.9 Å². The smallest absolute Gasteiger partial charge is 0.203 e.